The lowest BCUT2D eigenvalue weighted by Gasteiger charge is -2.03. The number of carbonyl (C=O) groups is 1. The fourth-order valence-electron chi connectivity index (χ4n) is 2.26. The summed E-state index contributed by atoms with van der Waals surface area (Å²) in [6, 6.07) is 15.2. The summed E-state index contributed by atoms with van der Waals surface area (Å²) in [4.78, 5) is 16.4. The van der Waals surface area contributed by atoms with E-state index in [2.05, 4.69) is 4.98 Å². The van der Waals surface area contributed by atoms with Crippen LogP contribution in [-0.2, 0) is 11.2 Å². The van der Waals surface area contributed by atoms with Gasteiger partial charge in [-0.15, -0.1) is 11.3 Å². The molecule has 0 N–H and O–H groups in total. The second kappa shape index (κ2) is 6.52. The molecule has 0 bridgehead atoms. The molecule has 2 aromatic carbocycles. The van der Waals surface area contributed by atoms with Crippen LogP contribution in [0, 0.1) is 6.92 Å². The van der Waals surface area contributed by atoms with Gasteiger partial charge < -0.3 is 9.90 Å². The molecule has 5 heteroatoms. The molecular formula is C18H13ClNO2S-. The summed E-state index contributed by atoms with van der Waals surface area (Å²) in [5, 5.41) is 12.5. The van der Waals surface area contributed by atoms with Crippen molar-refractivity contribution in [2.24, 2.45) is 0 Å². The van der Waals surface area contributed by atoms with Gasteiger partial charge in [-0.3, -0.25) is 0 Å². The normalized spacial score (nSPS) is 10.7. The zero-order valence-corrected chi connectivity index (χ0v) is 13.9. The molecule has 0 amide bonds. The highest BCUT2D eigenvalue weighted by Gasteiger charge is 2.14. The molecular weight excluding hydrogens is 330 g/mol. The van der Waals surface area contributed by atoms with Crippen molar-refractivity contribution in [1.29, 1.82) is 0 Å². The predicted molar refractivity (Wildman–Crippen MR) is 91.4 cm³/mol. The van der Waals surface area contributed by atoms with Crippen molar-refractivity contribution < 1.29 is 9.90 Å². The zero-order chi connectivity index (χ0) is 16.4. The van der Waals surface area contributed by atoms with Crippen LogP contribution in [0.4, 0.5) is 0 Å². The van der Waals surface area contributed by atoms with Crippen molar-refractivity contribution in [3.8, 4) is 21.8 Å². The van der Waals surface area contributed by atoms with Gasteiger partial charge in [0.25, 0.3) is 0 Å². The van der Waals surface area contributed by atoms with Crippen molar-refractivity contribution in [3.05, 3.63) is 64.0 Å². The quantitative estimate of drug-likeness (QED) is 0.726. The van der Waals surface area contributed by atoms with Crippen molar-refractivity contribution in [1.82, 2.24) is 4.98 Å². The first-order chi connectivity index (χ1) is 11.0. The topological polar surface area (TPSA) is 53.0 Å². The Morgan fingerprint density at radius 3 is 2.30 bits per heavy atom. The Labute approximate surface area is 143 Å². The molecule has 116 valence electrons. The van der Waals surface area contributed by atoms with Gasteiger partial charge in [-0.25, -0.2) is 4.98 Å². The maximum atomic E-state index is 11.0. The van der Waals surface area contributed by atoms with Crippen LogP contribution < -0.4 is 5.11 Å². The van der Waals surface area contributed by atoms with Crippen LogP contribution in [-0.4, -0.2) is 11.0 Å². The van der Waals surface area contributed by atoms with E-state index in [0.717, 1.165) is 21.7 Å². The molecule has 23 heavy (non-hydrogen) atoms. The number of carbonyl (C=O) groups excluding carboxylic acids is 1. The Morgan fingerprint density at radius 1 is 1.09 bits per heavy atom. The smallest absolute Gasteiger partial charge is 0.124 e. The molecule has 0 aliphatic heterocycles. The number of hydrogen-bond donors (Lipinski definition) is 0. The van der Waals surface area contributed by atoms with E-state index in [1.807, 2.05) is 43.3 Å². The van der Waals surface area contributed by atoms with E-state index < -0.39 is 5.97 Å². The van der Waals surface area contributed by atoms with Gasteiger partial charge in [-0.1, -0.05) is 53.6 Å². The summed E-state index contributed by atoms with van der Waals surface area (Å²) in [6.07, 6.45) is -0.144. The Balaban J connectivity index is 2.08. The van der Waals surface area contributed by atoms with Crippen LogP contribution in [0.25, 0.3) is 21.8 Å². The van der Waals surface area contributed by atoms with Gasteiger partial charge in [0, 0.05) is 33.4 Å². The van der Waals surface area contributed by atoms with Gasteiger partial charge >= 0.3 is 0 Å². The van der Waals surface area contributed by atoms with E-state index in [-0.39, 0.29) is 6.42 Å². The number of nitrogens with zero attached hydrogens (tertiary/aromatic N) is 1. The number of carboxylic acid groups (broad SMARTS) is 1. The fourth-order valence-corrected chi connectivity index (χ4v) is 3.46. The lowest BCUT2D eigenvalue weighted by atomic mass is 10.1. The number of benzene rings is 2. The molecule has 3 aromatic rings. The van der Waals surface area contributed by atoms with Crippen LogP contribution in [0.3, 0.4) is 0 Å². The van der Waals surface area contributed by atoms with Gasteiger partial charge in [0.2, 0.25) is 0 Å². The number of rotatable bonds is 4. The summed E-state index contributed by atoms with van der Waals surface area (Å²) in [5.41, 5.74) is 3.66. The SMILES string of the molecule is Cc1ccc(-c2nc(-c3ccc(Cl)cc3)sc2CC(=O)[O-])cc1. The van der Waals surface area contributed by atoms with Crippen molar-refractivity contribution in [2.45, 2.75) is 13.3 Å². The highest BCUT2D eigenvalue weighted by atomic mass is 35.5. The first-order valence-electron chi connectivity index (χ1n) is 7.05. The van der Waals surface area contributed by atoms with Crippen LogP contribution in [0.15, 0.2) is 48.5 Å². The third kappa shape index (κ3) is 3.60. The van der Waals surface area contributed by atoms with Crippen LogP contribution >= 0.6 is 22.9 Å². The Morgan fingerprint density at radius 2 is 1.70 bits per heavy atom. The number of halogens is 1. The Bertz CT molecular complexity index is 838. The standard InChI is InChI=1S/C18H14ClNO2S/c1-11-2-4-12(5-3-11)17-15(10-16(21)22)23-18(20-17)13-6-8-14(19)9-7-13/h2-9H,10H2,1H3,(H,21,22)/p-1. The summed E-state index contributed by atoms with van der Waals surface area (Å²) in [7, 11) is 0. The Kier molecular flexibility index (Phi) is 4.46. The lowest BCUT2D eigenvalue weighted by Crippen LogP contribution is -2.24. The maximum Gasteiger partial charge on any atom is 0.124 e. The van der Waals surface area contributed by atoms with E-state index in [1.165, 1.54) is 11.3 Å². The predicted octanol–water partition coefficient (Wildman–Crippen LogP) is 3.73. The van der Waals surface area contributed by atoms with Crippen LogP contribution in [0.5, 0.6) is 0 Å². The van der Waals surface area contributed by atoms with E-state index in [0.29, 0.717) is 15.6 Å². The first kappa shape index (κ1) is 15.7. The van der Waals surface area contributed by atoms with Crippen LogP contribution in [0.1, 0.15) is 10.4 Å². The average Bonchev–Trinajstić information content (AvgIpc) is 2.92. The lowest BCUT2D eigenvalue weighted by molar-refractivity contribution is -0.304. The molecule has 3 nitrogen and oxygen atoms in total. The minimum atomic E-state index is -1.11. The molecule has 0 atom stereocenters. The number of hydrogen-bond acceptors (Lipinski definition) is 4. The molecule has 0 aliphatic rings. The number of carboxylic acids is 1. The third-order valence-corrected chi connectivity index (χ3v) is 4.77. The van der Waals surface area contributed by atoms with Crippen molar-refractivity contribution in [3.63, 3.8) is 0 Å². The Hall–Kier alpha value is -2.17. The summed E-state index contributed by atoms with van der Waals surface area (Å²) < 4.78 is 0. The van der Waals surface area contributed by atoms with Gasteiger partial charge in [0.1, 0.15) is 5.01 Å². The number of aromatic nitrogens is 1. The molecule has 1 aromatic heterocycles. The molecule has 0 unspecified atom stereocenters. The first-order valence-corrected chi connectivity index (χ1v) is 8.25. The highest BCUT2D eigenvalue weighted by Crippen LogP contribution is 2.34. The second-order valence-electron chi connectivity index (χ2n) is 5.21. The third-order valence-electron chi connectivity index (χ3n) is 3.42. The monoisotopic (exact) mass is 342 g/mol. The number of thiazole rings is 1. The van der Waals surface area contributed by atoms with E-state index in [4.69, 9.17) is 11.6 Å². The van der Waals surface area contributed by atoms with Gasteiger partial charge in [-0.05, 0) is 19.1 Å². The molecule has 3 rings (SSSR count). The minimum absolute atomic E-state index is 0.144. The van der Waals surface area contributed by atoms with Crippen molar-refractivity contribution >= 4 is 28.9 Å². The average molecular weight is 343 g/mol. The fraction of sp³-hybridized carbons (Fsp3) is 0.111. The van der Waals surface area contributed by atoms with E-state index in [1.54, 1.807) is 12.1 Å². The van der Waals surface area contributed by atoms with Gasteiger partial charge in [0.05, 0.1) is 5.69 Å². The van der Waals surface area contributed by atoms with E-state index >= 15 is 0 Å². The minimum Gasteiger partial charge on any atom is -0.550 e. The largest absolute Gasteiger partial charge is 0.550 e. The zero-order valence-electron chi connectivity index (χ0n) is 12.4. The summed E-state index contributed by atoms with van der Waals surface area (Å²) in [5.74, 6) is -1.11. The van der Waals surface area contributed by atoms with Gasteiger partial charge in [0.15, 0.2) is 0 Å². The summed E-state index contributed by atoms with van der Waals surface area (Å²) >= 11 is 7.28. The maximum absolute atomic E-state index is 11.0. The molecule has 0 saturated carbocycles. The molecule has 0 radical (unpaired) electrons. The highest BCUT2D eigenvalue weighted by molar-refractivity contribution is 7.15. The number of aliphatic carboxylic acids is 1. The van der Waals surface area contributed by atoms with Gasteiger partial charge in [-0.2, -0.15) is 0 Å². The molecule has 1 heterocycles. The second-order valence-corrected chi connectivity index (χ2v) is 6.73. The summed E-state index contributed by atoms with van der Waals surface area (Å²) in [6.45, 7) is 2.01. The molecule has 0 aliphatic carbocycles. The molecule has 0 saturated heterocycles. The molecule has 0 spiro atoms. The van der Waals surface area contributed by atoms with E-state index in [9.17, 15) is 9.90 Å². The van der Waals surface area contributed by atoms with Crippen molar-refractivity contribution in [2.75, 3.05) is 0 Å². The molecule has 0 fully saturated rings. The number of aryl methyl sites for hydroxylation is 1. The van der Waals surface area contributed by atoms with Crippen LogP contribution in [0.2, 0.25) is 5.02 Å².